The van der Waals surface area contributed by atoms with Crippen molar-refractivity contribution in [3.05, 3.63) is 23.7 Å². The first-order valence-electron chi connectivity index (χ1n) is 8.15. The average molecular weight is 294 g/mol. The van der Waals surface area contributed by atoms with Crippen LogP contribution >= 0.6 is 0 Å². The molecule has 4 heteroatoms. The first-order chi connectivity index (χ1) is 10.0. The number of ether oxygens (including phenoxy) is 1. The summed E-state index contributed by atoms with van der Waals surface area (Å²) in [5.41, 5.74) is 1.25. The molecule has 0 amide bonds. The highest BCUT2D eigenvalue weighted by Gasteiger charge is 2.13. The number of nitrogens with one attached hydrogen (secondary N) is 1. The molecular weight excluding hydrogens is 264 g/mol. The summed E-state index contributed by atoms with van der Waals surface area (Å²) in [6, 6.07) is 2.01. The van der Waals surface area contributed by atoms with Gasteiger partial charge in [0.25, 0.3) is 0 Å². The maximum atomic E-state index is 5.82. The van der Waals surface area contributed by atoms with Crippen molar-refractivity contribution in [2.45, 2.75) is 58.7 Å². The Balaban J connectivity index is 1.67. The van der Waals surface area contributed by atoms with Crippen LogP contribution < -0.4 is 5.32 Å². The number of furan rings is 1. The van der Waals surface area contributed by atoms with Crippen LogP contribution in [0.2, 0.25) is 0 Å². The van der Waals surface area contributed by atoms with E-state index in [1.807, 2.05) is 6.07 Å². The van der Waals surface area contributed by atoms with Crippen molar-refractivity contribution in [2.24, 2.45) is 0 Å². The Morgan fingerprint density at radius 3 is 2.71 bits per heavy atom. The molecule has 0 saturated carbocycles. The maximum absolute atomic E-state index is 5.82. The highest BCUT2D eigenvalue weighted by atomic mass is 16.5. The largest absolute Gasteiger partial charge is 0.468 e. The van der Waals surface area contributed by atoms with E-state index in [9.17, 15) is 0 Å². The summed E-state index contributed by atoms with van der Waals surface area (Å²) in [4.78, 5) is 2.50. The second-order valence-electron chi connectivity index (χ2n) is 6.93. The summed E-state index contributed by atoms with van der Waals surface area (Å²) >= 11 is 0. The first-order valence-corrected chi connectivity index (χ1v) is 8.15. The zero-order valence-corrected chi connectivity index (χ0v) is 13.8. The van der Waals surface area contributed by atoms with Gasteiger partial charge in [-0.3, -0.25) is 0 Å². The zero-order chi connectivity index (χ0) is 15.1. The molecule has 0 aliphatic carbocycles. The number of hydrogen-bond acceptors (Lipinski definition) is 4. The van der Waals surface area contributed by atoms with Crippen LogP contribution in [0.1, 0.15) is 51.4 Å². The minimum Gasteiger partial charge on any atom is -0.468 e. The predicted octanol–water partition coefficient (Wildman–Crippen LogP) is 3.17. The fourth-order valence-corrected chi connectivity index (χ4v) is 2.55. The van der Waals surface area contributed by atoms with Crippen LogP contribution in [0.5, 0.6) is 0 Å². The molecule has 2 heterocycles. The third-order valence-corrected chi connectivity index (χ3v) is 3.88. The Hall–Kier alpha value is -0.840. The molecule has 1 aromatic rings. The van der Waals surface area contributed by atoms with Gasteiger partial charge in [-0.25, -0.2) is 0 Å². The van der Waals surface area contributed by atoms with E-state index >= 15 is 0 Å². The van der Waals surface area contributed by atoms with Crippen molar-refractivity contribution in [2.75, 3.05) is 26.2 Å². The van der Waals surface area contributed by atoms with E-state index in [1.165, 1.54) is 32.4 Å². The maximum Gasteiger partial charge on any atom is 0.123 e. The van der Waals surface area contributed by atoms with E-state index in [2.05, 4.69) is 31.0 Å². The number of hydrogen-bond donors (Lipinski definition) is 1. The van der Waals surface area contributed by atoms with Gasteiger partial charge in [0.1, 0.15) is 5.76 Å². The topological polar surface area (TPSA) is 37.6 Å². The molecule has 0 aromatic carbocycles. The van der Waals surface area contributed by atoms with Gasteiger partial charge in [-0.2, -0.15) is 0 Å². The van der Waals surface area contributed by atoms with Gasteiger partial charge in [0.15, 0.2) is 0 Å². The molecule has 4 nitrogen and oxygen atoms in total. The number of piperidine rings is 1. The molecule has 0 unspecified atom stereocenters. The molecule has 2 rings (SSSR count). The molecule has 0 spiro atoms. The molecule has 1 aromatic heterocycles. The lowest BCUT2D eigenvalue weighted by Crippen LogP contribution is -2.35. The van der Waals surface area contributed by atoms with E-state index in [0.29, 0.717) is 6.61 Å². The van der Waals surface area contributed by atoms with Crippen LogP contribution in [0.25, 0.3) is 0 Å². The van der Waals surface area contributed by atoms with Gasteiger partial charge in [0.05, 0.1) is 26.0 Å². The highest BCUT2D eigenvalue weighted by molar-refractivity contribution is 5.16. The van der Waals surface area contributed by atoms with Gasteiger partial charge in [-0.15, -0.1) is 0 Å². The van der Waals surface area contributed by atoms with Gasteiger partial charge in [0, 0.05) is 17.6 Å². The average Bonchev–Trinajstić information content (AvgIpc) is 2.89. The van der Waals surface area contributed by atoms with Crippen LogP contribution in [0.3, 0.4) is 0 Å². The quantitative estimate of drug-likeness (QED) is 0.784. The summed E-state index contributed by atoms with van der Waals surface area (Å²) in [7, 11) is 0. The summed E-state index contributed by atoms with van der Waals surface area (Å²) in [5, 5.41) is 3.45. The Kier molecular flexibility index (Phi) is 6.27. The molecular formula is C17H30N2O2. The summed E-state index contributed by atoms with van der Waals surface area (Å²) in [6.45, 7) is 12.2. The predicted molar refractivity (Wildman–Crippen MR) is 85.2 cm³/mol. The standard InChI is InChI=1S/C17H30N2O2/c1-17(2,3)18-13-16-15(7-11-21-16)14-20-12-10-19-8-5-4-6-9-19/h7,11,18H,4-6,8-10,12-14H2,1-3H3. The molecule has 1 saturated heterocycles. The number of likely N-dealkylation sites (tertiary alicyclic amines) is 1. The smallest absolute Gasteiger partial charge is 0.123 e. The number of rotatable bonds is 7. The van der Waals surface area contributed by atoms with E-state index in [1.54, 1.807) is 6.26 Å². The van der Waals surface area contributed by atoms with Gasteiger partial charge in [-0.05, 0) is 52.8 Å². The van der Waals surface area contributed by atoms with Crippen LogP contribution in [-0.2, 0) is 17.9 Å². The third kappa shape index (κ3) is 6.20. The molecule has 1 aliphatic heterocycles. The molecule has 0 radical (unpaired) electrons. The SMILES string of the molecule is CC(C)(C)NCc1occc1COCCN1CCCCC1. The normalized spacial score (nSPS) is 17.3. The van der Waals surface area contributed by atoms with Crippen molar-refractivity contribution in [1.29, 1.82) is 0 Å². The first kappa shape index (κ1) is 16.5. The van der Waals surface area contributed by atoms with Gasteiger partial charge >= 0.3 is 0 Å². The van der Waals surface area contributed by atoms with Crippen LogP contribution in [0.4, 0.5) is 0 Å². The fourth-order valence-electron chi connectivity index (χ4n) is 2.55. The monoisotopic (exact) mass is 294 g/mol. The lowest BCUT2D eigenvalue weighted by Gasteiger charge is -2.26. The summed E-state index contributed by atoms with van der Waals surface area (Å²) in [6.07, 6.45) is 5.81. The zero-order valence-electron chi connectivity index (χ0n) is 13.8. The molecule has 0 atom stereocenters. The Morgan fingerprint density at radius 2 is 2.00 bits per heavy atom. The Morgan fingerprint density at radius 1 is 1.24 bits per heavy atom. The second kappa shape index (κ2) is 7.97. The van der Waals surface area contributed by atoms with Gasteiger partial charge < -0.3 is 19.4 Å². The Labute approximate surface area is 128 Å². The molecule has 120 valence electrons. The fraction of sp³-hybridized carbons (Fsp3) is 0.765. The van der Waals surface area contributed by atoms with E-state index < -0.39 is 0 Å². The lowest BCUT2D eigenvalue weighted by atomic mass is 10.1. The molecule has 1 aliphatic rings. The van der Waals surface area contributed by atoms with Crippen molar-refractivity contribution in [3.63, 3.8) is 0 Å². The van der Waals surface area contributed by atoms with Crippen molar-refractivity contribution in [1.82, 2.24) is 10.2 Å². The van der Waals surface area contributed by atoms with Crippen molar-refractivity contribution in [3.8, 4) is 0 Å². The van der Waals surface area contributed by atoms with Gasteiger partial charge in [0.2, 0.25) is 0 Å². The summed E-state index contributed by atoms with van der Waals surface area (Å²) in [5.74, 6) is 0.989. The van der Waals surface area contributed by atoms with Crippen molar-refractivity contribution < 1.29 is 9.15 Å². The van der Waals surface area contributed by atoms with Gasteiger partial charge in [-0.1, -0.05) is 6.42 Å². The minimum atomic E-state index is 0.0964. The molecule has 1 N–H and O–H groups in total. The third-order valence-electron chi connectivity index (χ3n) is 3.88. The lowest BCUT2D eigenvalue weighted by molar-refractivity contribution is 0.0854. The Bertz CT molecular complexity index is 403. The molecule has 0 bridgehead atoms. The van der Waals surface area contributed by atoms with E-state index in [0.717, 1.165) is 31.0 Å². The number of nitrogens with zero attached hydrogens (tertiary/aromatic N) is 1. The van der Waals surface area contributed by atoms with Crippen molar-refractivity contribution >= 4 is 0 Å². The van der Waals surface area contributed by atoms with E-state index in [-0.39, 0.29) is 5.54 Å². The molecule has 1 fully saturated rings. The van der Waals surface area contributed by atoms with Crippen LogP contribution in [0.15, 0.2) is 16.7 Å². The summed E-state index contributed by atoms with van der Waals surface area (Å²) < 4.78 is 11.4. The van der Waals surface area contributed by atoms with Crippen LogP contribution in [-0.4, -0.2) is 36.7 Å². The highest BCUT2D eigenvalue weighted by Crippen LogP contribution is 2.14. The second-order valence-corrected chi connectivity index (χ2v) is 6.93. The molecule has 21 heavy (non-hydrogen) atoms. The van der Waals surface area contributed by atoms with E-state index in [4.69, 9.17) is 9.15 Å². The minimum absolute atomic E-state index is 0.0964. The van der Waals surface area contributed by atoms with Crippen LogP contribution in [0, 0.1) is 0 Å².